The van der Waals surface area contributed by atoms with Crippen LogP contribution in [0.15, 0.2) is 42.5 Å². The van der Waals surface area contributed by atoms with E-state index < -0.39 is 0 Å². The summed E-state index contributed by atoms with van der Waals surface area (Å²) < 4.78 is 5.53. The highest BCUT2D eigenvalue weighted by Gasteiger charge is 2.08. The zero-order valence-corrected chi connectivity index (χ0v) is 12.0. The van der Waals surface area contributed by atoms with E-state index >= 15 is 0 Å². The monoisotopic (exact) mass is 286 g/mol. The molecule has 0 aliphatic carbocycles. The van der Waals surface area contributed by atoms with Gasteiger partial charge in [-0.05, 0) is 50.2 Å². The van der Waals surface area contributed by atoms with Crippen LogP contribution in [0.2, 0.25) is 0 Å². The van der Waals surface area contributed by atoms with Crippen molar-refractivity contribution in [3.8, 4) is 5.75 Å². The summed E-state index contributed by atoms with van der Waals surface area (Å²) in [5.41, 5.74) is 1.02. The summed E-state index contributed by atoms with van der Waals surface area (Å²) in [6, 6.07) is 12.0. The Hall–Kier alpha value is -2.40. The van der Waals surface area contributed by atoms with Crippen molar-refractivity contribution < 1.29 is 14.6 Å². The van der Waals surface area contributed by atoms with E-state index in [-0.39, 0.29) is 18.6 Å². The molecule has 1 aromatic heterocycles. The largest absolute Gasteiger partial charge is 0.491 e. The maximum atomic E-state index is 12.1. The summed E-state index contributed by atoms with van der Waals surface area (Å²) in [5, 5.41) is 11.7. The summed E-state index contributed by atoms with van der Waals surface area (Å²) in [6.07, 6.45) is 0.0927. The first-order valence-electron chi connectivity index (χ1n) is 6.73. The summed E-state index contributed by atoms with van der Waals surface area (Å²) in [6.45, 7) is 3.73. The normalized spacial score (nSPS) is 10.5. The Morgan fingerprint density at radius 3 is 2.57 bits per heavy atom. The first-order chi connectivity index (χ1) is 10.1. The Bertz CT molecular complexity index is 609. The number of aliphatic hydroxyl groups is 1. The number of carbonyl (C=O) groups is 1. The minimum absolute atomic E-state index is 0.0927. The lowest BCUT2D eigenvalue weighted by Crippen LogP contribution is -2.13. The number of hydrogen-bond acceptors (Lipinski definition) is 4. The van der Waals surface area contributed by atoms with Gasteiger partial charge in [-0.1, -0.05) is 6.07 Å². The van der Waals surface area contributed by atoms with E-state index in [0.717, 1.165) is 5.75 Å². The molecule has 0 radical (unpaired) electrons. The molecule has 2 aromatic rings. The molecule has 2 rings (SSSR count). The van der Waals surface area contributed by atoms with Crippen LogP contribution in [0.25, 0.3) is 0 Å². The van der Waals surface area contributed by atoms with Crippen LogP contribution < -0.4 is 10.1 Å². The zero-order chi connectivity index (χ0) is 15.2. The van der Waals surface area contributed by atoms with Gasteiger partial charge in [-0.2, -0.15) is 0 Å². The highest BCUT2D eigenvalue weighted by atomic mass is 16.5. The lowest BCUT2D eigenvalue weighted by Gasteiger charge is -2.10. The average Bonchev–Trinajstić information content (AvgIpc) is 2.47. The van der Waals surface area contributed by atoms with Gasteiger partial charge in [-0.25, -0.2) is 4.98 Å². The Kier molecular flexibility index (Phi) is 4.90. The number of carbonyl (C=O) groups excluding carboxylic acids is 1. The molecule has 5 heteroatoms. The predicted octanol–water partition coefficient (Wildman–Crippen LogP) is 2.61. The van der Waals surface area contributed by atoms with E-state index in [1.165, 1.54) is 0 Å². The quantitative estimate of drug-likeness (QED) is 0.886. The number of aliphatic hydroxyl groups excluding tert-OH is 1. The minimum Gasteiger partial charge on any atom is -0.491 e. The summed E-state index contributed by atoms with van der Waals surface area (Å²) in [4.78, 5) is 16.2. The molecule has 0 spiro atoms. The summed E-state index contributed by atoms with van der Waals surface area (Å²) >= 11 is 0. The molecule has 5 nitrogen and oxygen atoms in total. The second-order valence-electron chi connectivity index (χ2n) is 4.82. The van der Waals surface area contributed by atoms with Gasteiger partial charge in [0, 0.05) is 5.56 Å². The van der Waals surface area contributed by atoms with Crippen molar-refractivity contribution in [1.82, 2.24) is 4.98 Å². The lowest BCUT2D eigenvalue weighted by molar-refractivity contribution is 0.102. The van der Waals surface area contributed by atoms with E-state index in [0.29, 0.717) is 17.1 Å². The molecule has 0 aliphatic heterocycles. The Morgan fingerprint density at radius 1 is 1.24 bits per heavy atom. The van der Waals surface area contributed by atoms with E-state index in [2.05, 4.69) is 10.3 Å². The van der Waals surface area contributed by atoms with Gasteiger partial charge < -0.3 is 15.2 Å². The molecule has 0 saturated carbocycles. The third kappa shape index (κ3) is 4.29. The molecular weight excluding hydrogens is 268 g/mol. The fourth-order valence-electron chi connectivity index (χ4n) is 1.78. The standard InChI is InChI=1S/C16H18N2O3/c1-11(2)21-14-8-6-12(7-9-14)16(20)18-15-5-3-4-13(10-19)17-15/h3-9,11,19H,10H2,1-2H3,(H,17,18,20). The molecule has 0 bridgehead atoms. The molecular formula is C16H18N2O3. The van der Waals surface area contributed by atoms with Crippen LogP contribution in [0.5, 0.6) is 5.75 Å². The molecule has 0 aliphatic rings. The van der Waals surface area contributed by atoms with Crippen LogP contribution in [0, 0.1) is 0 Å². The lowest BCUT2D eigenvalue weighted by atomic mass is 10.2. The molecule has 21 heavy (non-hydrogen) atoms. The number of amides is 1. The Morgan fingerprint density at radius 2 is 1.95 bits per heavy atom. The van der Waals surface area contributed by atoms with Crippen molar-refractivity contribution in [2.45, 2.75) is 26.6 Å². The third-order valence-electron chi connectivity index (χ3n) is 2.70. The summed E-state index contributed by atoms with van der Waals surface area (Å²) in [7, 11) is 0. The first-order valence-corrected chi connectivity index (χ1v) is 6.73. The van der Waals surface area contributed by atoms with Gasteiger partial charge in [0.1, 0.15) is 11.6 Å². The van der Waals surface area contributed by atoms with Crippen molar-refractivity contribution in [3.63, 3.8) is 0 Å². The number of anilines is 1. The molecule has 110 valence electrons. The maximum Gasteiger partial charge on any atom is 0.256 e. The number of ether oxygens (including phenoxy) is 1. The number of hydrogen-bond donors (Lipinski definition) is 2. The molecule has 0 unspecified atom stereocenters. The Balaban J connectivity index is 2.05. The van der Waals surface area contributed by atoms with Crippen LogP contribution in [0.1, 0.15) is 29.9 Å². The fourth-order valence-corrected chi connectivity index (χ4v) is 1.78. The smallest absolute Gasteiger partial charge is 0.256 e. The molecule has 1 aromatic carbocycles. The van der Waals surface area contributed by atoms with Crippen LogP contribution in [-0.4, -0.2) is 22.1 Å². The number of pyridine rings is 1. The van der Waals surface area contributed by atoms with Gasteiger partial charge in [0.05, 0.1) is 18.4 Å². The van der Waals surface area contributed by atoms with Crippen molar-refractivity contribution in [1.29, 1.82) is 0 Å². The number of nitrogens with one attached hydrogen (secondary N) is 1. The molecule has 1 amide bonds. The van der Waals surface area contributed by atoms with Crippen molar-refractivity contribution in [2.24, 2.45) is 0 Å². The second kappa shape index (κ2) is 6.85. The summed E-state index contributed by atoms with van der Waals surface area (Å²) in [5.74, 6) is 0.879. The highest BCUT2D eigenvalue weighted by molar-refractivity contribution is 6.03. The van der Waals surface area contributed by atoms with Gasteiger partial charge in [0.25, 0.3) is 5.91 Å². The van der Waals surface area contributed by atoms with Crippen LogP contribution in [-0.2, 0) is 6.61 Å². The molecule has 0 fully saturated rings. The van der Waals surface area contributed by atoms with E-state index in [1.807, 2.05) is 13.8 Å². The first kappa shape index (κ1) is 15.0. The number of nitrogens with zero attached hydrogens (tertiary/aromatic N) is 1. The van der Waals surface area contributed by atoms with Gasteiger partial charge in [-0.15, -0.1) is 0 Å². The minimum atomic E-state index is -0.256. The second-order valence-corrected chi connectivity index (χ2v) is 4.82. The van der Waals surface area contributed by atoms with Crippen LogP contribution in [0.3, 0.4) is 0 Å². The highest BCUT2D eigenvalue weighted by Crippen LogP contribution is 2.15. The zero-order valence-electron chi connectivity index (χ0n) is 12.0. The van der Waals surface area contributed by atoms with Gasteiger partial charge in [-0.3, -0.25) is 4.79 Å². The van der Waals surface area contributed by atoms with Gasteiger partial charge in [0.15, 0.2) is 0 Å². The fraction of sp³-hybridized carbons (Fsp3) is 0.250. The van der Waals surface area contributed by atoms with Gasteiger partial charge in [0.2, 0.25) is 0 Å². The van der Waals surface area contributed by atoms with Crippen molar-refractivity contribution >= 4 is 11.7 Å². The van der Waals surface area contributed by atoms with E-state index in [4.69, 9.17) is 9.84 Å². The predicted molar refractivity (Wildman–Crippen MR) is 80.3 cm³/mol. The van der Waals surface area contributed by atoms with E-state index in [1.54, 1.807) is 42.5 Å². The van der Waals surface area contributed by atoms with Crippen molar-refractivity contribution in [3.05, 3.63) is 53.7 Å². The van der Waals surface area contributed by atoms with Gasteiger partial charge >= 0.3 is 0 Å². The van der Waals surface area contributed by atoms with Crippen LogP contribution in [0.4, 0.5) is 5.82 Å². The number of benzene rings is 1. The molecule has 0 atom stereocenters. The SMILES string of the molecule is CC(C)Oc1ccc(C(=O)Nc2cccc(CO)n2)cc1. The number of rotatable bonds is 5. The maximum absolute atomic E-state index is 12.1. The molecule has 2 N–H and O–H groups in total. The third-order valence-corrected chi connectivity index (χ3v) is 2.70. The number of aromatic nitrogens is 1. The molecule has 0 saturated heterocycles. The van der Waals surface area contributed by atoms with E-state index in [9.17, 15) is 4.79 Å². The van der Waals surface area contributed by atoms with Crippen molar-refractivity contribution in [2.75, 3.05) is 5.32 Å². The Labute approximate surface area is 123 Å². The topological polar surface area (TPSA) is 71.5 Å². The van der Waals surface area contributed by atoms with Crippen LogP contribution >= 0.6 is 0 Å². The average molecular weight is 286 g/mol. The molecule has 1 heterocycles.